The van der Waals surface area contributed by atoms with E-state index in [1.54, 1.807) is 24.1 Å². The molecule has 2 heterocycles. The lowest BCUT2D eigenvalue weighted by molar-refractivity contribution is 0.0948. The van der Waals surface area contributed by atoms with Crippen molar-refractivity contribution in [2.45, 2.75) is 20.0 Å². The number of rotatable bonds is 3. The van der Waals surface area contributed by atoms with Gasteiger partial charge in [-0.25, -0.2) is 4.79 Å². The predicted molar refractivity (Wildman–Crippen MR) is 81.5 cm³/mol. The van der Waals surface area contributed by atoms with Crippen molar-refractivity contribution in [1.29, 1.82) is 0 Å². The molecule has 0 saturated carbocycles. The predicted octanol–water partition coefficient (Wildman–Crippen LogP) is 2.50. The zero-order chi connectivity index (χ0) is 15.7. The molecule has 1 aliphatic rings. The number of aryl methyl sites for hydroxylation is 1. The Labute approximate surface area is 128 Å². The molecule has 114 valence electrons. The van der Waals surface area contributed by atoms with E-state index in [0.717, 1.165) is 11.3 Å². The minimum absolute atomic E-state index is 0.170. The molecular formula is C16H17N3O3. The van der Waals surface area contributed by atoms with E-state index in [4.69, 9.17) is 4.42 Å². The van der Waals surface area contributed by atoms with E-state index in [-0.39, 0.29) is 11.9 Å². The largest absolute Gasteiger partial charge is 0.465 e. The highest BCUT2D eigenvalue weighted by Gasteiger charge is 2.20. The Hall–Kier alpha value is -2.76. The van der Waals surface area contributed by atoms with E-state index in [2.05, 4.69) is 10.6 Å². The van der Waals surface area contributed by atoms with E-state index in [9.17, 15) is 9.59 Å². The maximum Gasteiger partial charge on any atom is 0.321 e. The Morgan fingerprint density at radius 1 is 1.36 bits per heavy atom. The number of benzene rings is 1. The van der Waals surface area contributed by atoms with Crippen molar-refractivity contribution in [3.63, 3.8) is 0 Å². The van der Waals surface area contributed by atoms with E-state index in [0.29, 0.717) is 30.1 Å². The van der Waals surface area contributed by atoms with Crippen LogP contribution in [0.1, 0.15) is 27.4 Å². The van der Waals surface area contributed by atoms with Gasteiger partial charge < -0.3 is 20.0 Å². The smallest absolute Gasteiger partial charge is 0.321 e. The average molecular weight is 299 g/mol. The summed E-state index contributed by atoms with van der Waals surface area (Å²) in [7, 11) is 1.73. The molecule has 0 spiro atoms. The first-order chi connectivity index (χ1) is 10.5. The zero-order valence-electron chi connectivity index (χ0n) is 12.5. The van der Waals surface area contributed by atoms with Gasteiger partial charge in [-0.3, -0.25) is 4.79 Å². The highest BCUT2D eigenvalue weighted by molar-refractivity contribution is 5.98. The monoisotopic (exact) mass is 299 g/mol. The molecule has 2 N–H and O–H groups in total. The molecule has 1 aromatic carbocycles. The maximum atomic E-state index is 12.2. The zero-order valence-corrected chi connectivity index (χ0v) is 12.5. The van der Waals surface area contributed by atoms with Gasteiger partial charge in [0, 0.05) is 24.8 Å². The molecule has 6 heteroatoms. The molecule has 0 saturated heterocycles. The molecule has 0 radical (unpaired) electrons. The first-order valence-electron chi connectivity index (χ1n) is 7.01. The third-order valence-corrected chi connectivity index (χ3v) is 3.59. The number of nitrogens with one attached hydrogen (secondary N) is 2. The van der Waals surface area contributed by atoms with Gasteiger partial charge in [-0.05, 0) is 36.8 Å². The second kappa shape index (κ2) is 5.55. The summed E-state index contributed by atoms with van der Waals surface area (Å²) >= 11 is 0. The number of carbonyl (C=O) groups is 2. The van der Waals surface area contributed by atoms with E-state index < -0.39 is 0 Å². The van der Waals surface area contributed by atoms with Crippen LogP contribution in [0.15, 0.2) is 34.7 Å². The minimum Gasteiger partial charge on any atom is -0.465 e. The Morgan fingerprint density at radius 2 is 2.18 bits per heavy atom. The fraction of sp³-hybridized carbons (Fsp3) is 0.250. The van der Waals surface area contributed by atoms with Crippen molar-refractivity contribution >= 4 is 17.6 Å². The van der Waals surface area contributed by atoms with Crippen LogP contribution in [0.25, 0.3) is 0 Å². The van der Waals surface area contributed by atoms with Crippen molar-refractivity contribution in [2.24, 2.45) is 0 Å². The number of fused-ring (bicyclic) bond motifs is 1. The summed E-state index contributed by atoms with van der Waals surface area (Å²) in [5, 5.41) is 5.57. The van der Waals surface area contributed by atoms with Gasteiger partial charge in [-0.15, -0.1) is 0 Å². The molecule has 0 fully saturated rings. The van der Waals surface area contributed by atoms with Crippen molar-refractivity contribution < 1.29 is 14.0 Å². The summed E-state index contributed by atoms with van der Waals surface area (Å²) in [5.74, 6) is 1.31. The van der Waals surface area contributed by atoms with Crippen LogP contribution in [0, 0.1) is 6.92 Å². The highest BCUT2D eigenvalue weighted by Crippen LogP contribution is 2.23. The fourth-order valence-electron chi connectivity index (χ4n) is 2.36. The Kier molecular flexibility index (Phi) is 3.58. The molecule has 1 aromatic heterocycles. The van der Waals surface area contributed by atoms with Crippen LogP contribution in [-0.4, -0.2) is 23.9 Å². The molecule has 3 amide bonds. The van der Waals surface area contributed by atoms with E-state index in [1.165, 1.54) is 0 Å². The standard InChI is InChI=1S/C16H17N3O3/c1-10-3-6-13(22-10)8-17-15(20)11-4-5-12-9-19(2)16(21)18-14(12)7-11/h3-7H,8-9H2,1-2H3,(H,17,20)(H,18,21). The number of anilines is 1. The van der Waals surface area contributed by atoms with E-state index in [1.807, 2.05) is 25.1 Å². The molecular weight excluding hydrogens is 282 g/mol. The van der Waals surface area contributed by atoms with Crippen LogP contribution in [0.5, 0.6) is 0 Å². The molecule has 0 aliphatic carbocycles. The van der Waals surface area contributed by atoms with Gasteiger partial charge in [0.2, 0.25) is 0 Å². The molecule has 6 nitrogen and oxygen atoms in total. The van der Waals surface area contributed by atoms with Gasteiger partial charge in [0.15, 0.2) is 0 Å². The van der Waals surface area contributed by atoms with Crippen molar-refractivity contribution in [3.8, 4) is 0 Å². The van der Waals surface area contributed by atoms with Crippen LogP contribution in [0.3, 0.4) is 0 Å². The number of amides is 3. The van der Waals surface area contributed by atoms with Gasteiger partial charge in [-0.1, -0.05) is 6.07 Å². The van der Waals surface area contributed by atoms with E-state index >= 15 is 0 Å². The molecule has 1 aliphatic heterocycles. The molecule has 3 rings (SSSR count). The Bertz CT molecular complexity index is 736. The summed E-state index contributed by atoms with van der Waals surface area (Å²) in [4.78, 5) is 25.4. The van der Waals surface area contributed by atoms with Crippen molar-refractivity contribution in [1.82, 2.24) is 10.2 Å². The van der Waals surface area contributed by atoms with Gasteiger partial charge in [0.25, 0.3) is 5.91 Å². The SMILES string of the molecule is Cc1ccc(CNC(=O)c2ccc3c(c2)NC(=O)N(C)C3)o1. The van der Waals surface area contributed by atoms with Gasteiger partial charge in [0.1, 0.15) is 11.5 Å². The third kappa shape index (κ3) is 2.81. The van der Waals surface area contributed by atoms with Crippen LogP contribution in [0.2, 0.25) is 0 Å². The Balaban J connectivity index is 1.71. The molecule has 0 atom stereocenters. The van der Waals surface area contributed by atoms with Crippen LogP contribution >= 0.6 is 0 Å². The fourth-order valence-corrected chi connectivity index (χ4v) is 2.36. The van der Waals surface area contributed by atoms with Gasteiger partial charge >= 0.3 is 6.03 Å². The summed E-state index contributed by atoms with van der Waals surface area (Å²) in [6.07, 6.45) is 0. The lowest BCUT2D eigenvalue weighted by Gasteiger charge is -2.26. The molecule has 22 heavy (non-hydrogen) atoms. The summed E-state index contributed by atoms with van der Waals surface area (Å²) in [6, 6.07) is 8.83. The van der Waals surface area contributed by atoms with Crippen LogP contribution < -0.4 is 10.6 Å². The molecule has 2 aromatic rings. The molecule has 0 unspecified atom stereocenters. The maximum absolute atomic E-state index is 12.2. The third-order valence-electron chi connectivity index (χ3n) is 3.59. The topological polar surface area (TPSA) is 74.6 Å². The lowest BCUT2D eigenvalue weighted by Crippen LogP contribution is -2.35. The van der Waals surface area contributed by atoms with Crippen LogP contribution in [0.4, 0.5) is 10.5 Å². The number of hydrogen-bond acceptors (Lipinski definition) is 3. The first-order valence-corrected chi connectivity index (χ1v) is 7.01. The second-order valence-corrected chi connectivity index (χ2v) is 5.35. The number of hydrogen-bond donors (Lipinski definition) is 2. The van der Waals surface area contributed by atoms with Gasteiger partial charge in [0.05, 0.1) is 6.54 Å². The Morgan fingerprint density at radius 3 is 2.91 bits per heavy atom. The highest BCUT2D eigenvalue weighted by atomic mass is 16.3. The minimum atomic E-state index is -0.204. The van der Waals surface area contributed by atoms with Crippen molar-refractivity contribution in [2.75, 3.05) is 12.4 Å². The van der Waals surface area contributed by atoms with Crippen molar-refractivity contribution in [3.05, 3.63) is 53.0 Å². The number of nitrogens with zero attached hydrogens (tertiary/aromatic N) is 1. The molecule has 0 bridgehead atoms. The second-order valence-electron chi connectivity index (χ2n) is 5.35. The normalized spacial score (nSPS) is 13.5. The lowest BCUT2D eigenvalue weighted by atomic mass is 10.1. The summed E-state index contributed by atoms with van der Waals surface area (Å²) in [5.41, 5.74) is 2.18. The summed E-state index contributed by atoms with van der Waals surface area (Å²) in [6.45, 7) is 2.72. The average Bonchev–Trinajstić information content (AvgIpc) is 2.91. The van der Waals surface area contributed by atoms with Crippen LogP contribution in [-0.2, 0) is 13.1 Å². The number of furan rings is 1. The number of urea groups is 1. The quantitative estimate of drug-likeness (QED) is 0.914. The summed E-state index contributed by atoms with van der Waals surface area (Å²) < 4.78 is 5.41. The first kappa shape index (κ1) is 14.2. The number of carbonyl (C=O) groups excluding carboxylic acids is 2. The van der Waals surface area contributed by atoms with Gasteiger partial charge in [-0.2, -0.15) is 0 Å².